The molecular formula is C20H32O5. The summed E-state index contributed by atoms with van der Waals surface area (Å²) in [5.41, 5.74) is -1.63. The summed E-state index contributed by atoms with van der Waals surface area (Å²) in [4.78, 5) is 11.7. The van der Waals surface area contributed by atoms with Crippen molar-refractivity contribution in [2.45, 2.75) is 76.4 Å². The van der Waals surface area contributed by atoms with Gasteiger partial charge in [0.05, 0.1) is 24.2 Å². The fourth-order valence-corrected chi connectivity index (χ4v) is 7.76. The summed E-state index contributed by atoms with van der Waals surface area (Å²) in [6.45, 7) is 2.14. The molecule has 8 unspecified atom stereocenters. The van der Waals surface area contributed by atoms with Crippen LogP contribution in [0.5, 0.6) is 0 Å². The van der Waals surface area contributed by atoms with Gasteiger partial charge in [0.2, 0.25) is 0 Å². The monoisotopic (exact) mass is 352 g/mol. The lowest BCUT2D eigenvalue weighted by atomic mass is 9.43. The van der Waals surface area contributed by atoms with Crippen LogP contribution in [-0.4, -0.2) is 44.7 Å². The normalized spacial score (nSPS) is 55.1. The molecule has 0 saturated heterocycles. The Morgan fingerprint density at radius 3 is 2.48 bits per heavy atom. The van der Waals surface area contributed by atoms with Crippen molar-refractivity contribution >= 4 is 5.97 Å². The zero-order valence-corrected chi connectivity index (χ0v) is 15.2. The number of fused-ring (bicyclic) bond motifs is 5. The van der Waals surface area contributed by atoms with Crippen molar-refractivity contribution in [1.29, 1.82) is 0 Å². The summed E-state index contributed by atoms with van der Waals surface area (Å²) in [7, 11) is 0. The van der Waals surface area contributed by atoms with Crippen LogP contribution in [0.1, 0.15) is 64.7 Å². The molecule has 0 aromatic carbocycles. The summed E-state index contributed by atoms with van der Waals surface area (Å²) >= 11 is 0. The molecule has 142 valence electrons. The van der Waals surface area contributed by atoms with E-state index >= 15 is 0 Å². The highest BCUT2D eigenvalue weighted by Gasteiger charge is 2.66. The third kappa shape index (κ3) is 2.21. The largest absolute Gasteiger partial charge is 0.481 e. The Balaban J connectivity index is 1.68. The third-order valence-electron chi connectivity index (χ3n) is 9.04. The van der Waals surface area contributed by atoms with Gasteiger partial charge >= 0.3 is 5.97 Å². The van der Waals surface area contributed by atoms with Crippen molar-refractivity contribution in [3.63, 3.8) is 0 Å². The number of aliphatic carboxylic acids is 1. The molecule has 4 aliphatic rings. The molecule has 0 aliphatic heterocycles. The second-order valence-electron chi connectivity index (χ2n) is 9.67. The molecule has 4 rings (SSSR count). The van der Waals surface area contributed by atoms with Crippen LogP contribution in [0.2, 0.25) is 0 Å². The Morgan fingerprint density at radius 2 is 1.80 bits per heavy atom. The van der Waals surface area contributed by atoms with Crippen molar-refractivity contribution in [3.05, 3.63) is 0 Å². The standard InChI is InChI=1S/C20H32O5/c1-18-7-6-15-13(14(18)2-3-16(18)17(23)24)5-9-20(25)10-12(22)4-8-19(15,20)11-21/h12-16,21-22,25H,2-11H2,1H3,(H,23,24). The molecule has 0 heterocycles. The lowest BCUT2D eigenvalue weighted by molar-refractivity contribution is -0.240. The molecule has 4 fully saturated rings. The van der Waals surface area contributed by atoms with Gasteiger partial charge in [-0.2, -0.15) is 0 Å². The van der Waals surface area contributed by atoms with Crippen LogP contribution < -0.4 is 0 Å². The fourth-order valence-electron chi connectivity index (χ4n) is 7.76. The number of carboxylic acid groups (broad SMARTS) is 1. The van der Waals surface area contributed by atoms with Gasteiger partial charge in [-0.25, -0.2) is 0 Å². The van der Waals surface area contributed by atoms with Gasteiger partial charge in [0.25, 0.3) is 0 Å². The molecule has 0 spiro atoms. The first-order valence-electron chi connectivity index (χ1n) is 10.0. The minimum Gasteiger partial charge on any atom is -0.481 e. The lowest BCUT2D eigenvalue weighted by Crippen LogP contribution is -2.65. The van der Waals surface area contributed by atoms with Gasteiger partial charge in [0.1, 0.15) is 0 Å². The average Bonchev–Trinajstić information content (AvgIpc) is 2.91. The minimum absolute atomic E-state index is 0.0246. The smallest absolute Gasteiger partial charge is 0.307 e. The van der Waals surface area contributed by atoms with Crippen LogP contribution in [0.25, 0.3) is 0 Å². The van der Waals surface area contributed by atoms with Crippen molar-refractivity contribution in [2.75, 3.05) is 6.61 Å². The molecule has 5 heteroatoms. The molecule has 4 saturated carbocycles. The molecule has 0 radical (unpaired) electrons. The topological polar surface area (TPSA) is 98.0 Å². The highest BCUT2D eigenvalue weighted by atomic mass is 16.4. The molecule has 0 bridgehead atoms. The maximum Gasteiger partial charge on any atom is 0.307 e. The van der Waals surface area contributed by atoms with E-state index in [9.17, 15) is 25.2 Å². The van der Waals surface area contributed by atoms with Crippen LogP contribution in [-0.2, 0) is 4.79 Å². The van der Waals surface area contributed by atoms with Crippen LogP contribution in [0.15, 0.2) is 0 Å². The van der Waals surface area contributed by atoms with Crippen LogP contribution in [0.3, 0.4) is 0 Å². The molecule has 0 aromatic heterocycles. The molecular weight excluding hydrogens is 320 g/mol. The van der Waals surface area contributed by atoms with E-state index in [1.54, 1.807) is 0 Å². The minimum atomic E-state index is -0.973. The zero-order valence-electron chi connectivity index (χ0n) is 15.2. The Bertz CT molecular complexity index is 564. The highest BCUT2D eigenvalue weighted by Crippen LogP contribution is 2.68. The Morgan fingerprint density at radius 1 is 1.04 bits per heavy atom. The zero-order chi connectivity index (χ0) is 18.0. The summed E-state index contributed by atoms with van der Waals surface area (Å²) in [5, 5.41) is 41.5. The van der Waals surface area contributed by atoms with Crippen molar-refractivity contribution in [3.8, 4) is 0 Å². The number of carboxylic acids is 1. The highest BCUT2D eigenvalue weighted by molar-refractivity contribution is 5.71. The number of hydrogen-bond acceptors (Lipinski definition) is 4. The molecule has 5 nitrogen and oxygen atoms in total. The first kappa shape index (κ1) is 17.7. The van der Waals surface area contributed by atoms with E-state index in [0.717, 1.165) is 32.1 Å². The van der Waals surface area contributed by atoms with Gasteiger partial charge in [-0.05, 0) is 74.5 Å². The average molecular weight is 352 g/mol. The lowest BCUT2D eigenvalue weighted by Gasteiger charge is -2.64. The predicted octanol–water partition coefficient (Wildman–Crippen LogP) is 2.18. The molecule has 8 atom stereocenters. The summed E-state index contributed by atoms with van der Waals surface area (Å²) < 4.78 is 0. The molecule has 4 N–H and O–H groups in total. The van der Waals surface area contributed by atoms with Gasteiger partial charge in [-0.15, -0.1) is 0 Å². The first-order valence-corrected chi connectivity index (χ1v) is 10.0. The van der Waals surface area contributed by atoms with Gasteiger partial charge in [-0.1, -0.05) is 6.92 Å². The second-order valence-corrected chi connectivity index (χ2v) is 9.67. The van der Waals surface area contributed by atoms with E-state index in [4.69, 9.17) is 0 Å². The van der Waals surface area contributed by atoms with Crippen molar-refractivity contribution in [1.82, 2.24) is 0 Å². The van der Waals surface area contributed by atoms with Gasteiger partial charge in [0.15, 0.2) is 0 Å². The summed E-state index contributed by atoms with van der Waals surface area (Å²) in [5.74, 6) is 0.109. The molecule has 0 aromatic rings. The number of rotatable bonds is 2. The van der Waals surface area contributed by atoms with E-state index < -0.39 is 23.1 Å². The fraction of sp³-hybridized carbons (Fsp3) is 0.950. The third-order valence-corrected chi connectivity index (χ3v) is 9.04. The number of aliphatic hydroxyl groups is 3. The summed E-state index contributed by atoms with van der Waals surface area (Å²) in [6.07, 6.45) is 6.20. The first-order chi connectivity index (χ1) is 11.8. The maximum atomic E-state index is 11.7. The van der Waals surface area contributed by atoms with E-state index in [1.165, 1.54) is 0 Å². The number of carbonyl (C=O) groups is 1. The van der Waals surface area contributed by atoms with Gasteiger partial charge in [0, 0.05) is 11.8 Å². The SMILES string of the molecule is CC12CCC3C(CCC4(O)CC(O)CCC34CO)C1CCC2C(=O)O. The van der Waals surface area contributed by atoms with Crippen LogP contribution >= 0.6 is 0 Å². The molecule has 25 heavy (non-hydrogen) atoms. The molecule has 0 amide bonds. The van der Waals surface area contributed by atoms with Crippen molar-refractivity contribution < 1.29 is 25.2 Å². The van der Waals surface area contributed by atoms with E-state index in [0.29, 0.717) is 37.5 Å². The molecule has 4 aliphatic carbocycles. The quantitative estimate of drug-likeness (QED) is 0.611. The van der Waals surface area contributed by atoms with Crippen LogP contribution in [0, 0.1) is 34.5 Å². The van der Waals surface area contributed by atoms with Gasteiger partial charge in [-0.3, -0.25) is 4.79 Å². The van der Waals surface area contributed by atoms with E-state index in [-0.39, 0.29) is 23.9 Å². The summed E-state index contributed by atoms with van der Waals surface area (Å²) in [6, 6.07) is 0. The predicted molar refractivity (Wildman–Crippen MR) is 91.7 cm³/mol. The maximum absolute atomic E-state index is 11.7. The van der Waals surface area contributed by atoms with E-state index in [2.05, 4.69) is 6.92 Å². The van der Waals surface area contributed by atoms with Gasteiger partial charge < -0.3 is 20.4 Å². The van der Waals surface area contributed by atoms with Crippen LogP contribution in [0.4, 0.5) is 0 Å². The Labute approximate surface area is 149 Å². The van der Waals surface area contributed by atoms with E-state index in [1.807, 2.05) is 0 Å². The Kier molecular flexibility index (Phi) is 4.03. The number of aliphatic hydroxyl groups excluding tert-OH is 2. The van der Waals surface area contributed by atoms with Crippen molar-refractivity contribution in [2.24, 2.45) is 34.5 Å². The second kappa shape index (κ2) is 5.67. The Hall–Kier alpha value is -0.650. The number of hydrogen-bond donors (Lipinski definition) is 4.